The maximum atomic E-state index is 13.3. The topological polar surface area (TPSA) is 80.8 Å². The van der Waals surface area contributed by atoms with Gasteiger partial charge in [-0.05, 0) is 12.1 Å². The number of halogens is 6. The lowest BCUT2D eigenvalue weighted by Gasteiger charge is -2.21. The molecule has 6 nitrogen and oxygen atoms in total. The minimum Gasteiger partial charge on any atom is -0.447 e. The van der Waals surface area contributed by atoms with Crippen LogP contribution in [0.25, 0.3) is 10.8 Å². The summed E-state index contributed by atoms with van der Waals surface area (Å²) < 4.78 is 82.8. The fraction of sp³-hybridized carbons (Fsp3) is 0.250. The van der Waals surface area contributed by atoms with Crippen LogP contribution in [0.15, 0.2) is 36.0 Å². The Kier molecular flexibility index (Phi) is 5.59. The van der Waals surface area contributed by atoms with Crippen molar-refractivity contribution in [2.45, 2.75) is 24.9 Å². The monoisotopic (exact) mass is 436 g/mol. The van der Waals surface area contributed by atoms with E-state index in [4.69, 9.17) is 0 Å². The number of carbonyl (C=O) groups excluding carboxylic acids is 1. The van der Waals surface area contributed by atoms with Crippen LogP contribution < -0.4 is 0 Å². The molecular formula is C16H10F6N4O2S. The lowest BCUT2D eigenvalue weighted by Crippen LogP contribution is -2.27. The van der Waals surface area contributed by atoms with Crippen LogP contribution in [0.4, 0.5) is 26.3 Å². The Labute approximate surface area is 162 Å². The van der Waals surface area contributed by atoms with Gasteiger partial charge in [0, 0.05) is 10.9 Å². The van der Waals surface area contributed by atoms with Gasteiger partial charge in [0.25, 0.3) is 0 Å². The molecule has 13 heteroatoms. The molecule has 1 N–H and O–H groups in total. The summed E-state index contributed by atoms with van der Waals surface area (Å²) in [6.07, 6.45) is -12.2. The number of ether oxygens (including phenoxy) is 1. The van der Waals surface area contributed by atoms with E-state index in [-0.39, 0.29) is 5.69 Å². The summed E-state index contributed by atoms with van der Waals surface area (Å²) >= 11 is 1.07. The van der Waals surface area contributed by atoms with Gasteiger partial charge in [0.05, 0.1) is 17.7 Å². The summed E-state index contributed by atoms with van der Waals surface area (Å²) in [4.78, 5) is 19.9. The minimum absolute atomic E-state index is 0.122. The molecule has 3 rings (SSSR count). The third-order valence-electron chi connectivity index (χ3n) is 3.56. The molecule has 0 aliphatic carbocycles. The fourth-order valence-corrected chi connectivity index (χ4v) is 3.09. The second kappa shape index (κ2) is 7.81. The first-order chi connectivity index (χ1) is 13.5. The van der Waals surface area contributed by atoms with Crippen molar-refractivity contribution in [2.75, 3.05) is 0 Å². The molecule has 1 aromatic carbocycles. The Morgan fingerprint density at radius 1 is 1.21 bits per heavy atom. The van der Waals surface area contributed by atoms with Crippen molar-refractivity contribution in [2.24, 2.45) is 0 Å². The van der Waals surface area contributed by atoms with E-state index in [2.05, 4.69) is 24.9 Å². The van der Waals surface area contributed by atoms with Crippen LogP contribution in [-0.4, -0.2) is 32.3 Å². The number of hydrogen-bond acceptors (Lipinski definition) is 6. The Balaban J connectivity index is 1.77. The van der Waals surface area contributed by atoms with Crippen molar-refractivity contribution in [1.82, 2.24) is 20.2 Å². The molecule has 2 aromatic heterocycles. The predicted octanol–water partition coefficient (Wildman–Crippen LogP) is 4.34. The van der Waals surface area contributed by atoms with Crippen molar-refractivity contribution in [3.8, 4) is 10.8 Å². The van der Waals surface area contributed by atoms with E-state index in [1.807, 2.05) is 0 Å². The lowest BCUT2D eigenvalue weighted by atomic mass is 10.1. The number of carbonyl (C=O) groups is 1. The highest BCUT2D eigenvalue weighted by molar-refractivity contribution is 7.13. The van der Waals surface area contributed by atoms with E-state index in [1.54, 1.807) is 0 Å². The number of aromatic nitrogens is 4. The predicted molar refractivity (Wildman–Crippen MR) is 87.5 cm³/mol. The maximum absolute atomic E-state index is 13.3. The van der Waals surface area contributed by atoms with Crippen molar-refractivity contribution >= 4 is 17.3 Å². The Morgan fingerprint density at radius 2 is 1.97 bits per heavy atom. The van der Waals surface area contributed by atoms with Crippen LogP contribution in [0.1, 0.15) is 22.9 Å². The molecular weight excluding hydrogens is 426 g/mol. The fourth-order valence-electron chi connectivity index (χ4n) is 2.33. The highest BCUT2D eigenvalue weighted by Gasteiger charge is 2.45. The van der Waals surface area contributed by atoms with Crippen LogP contribution in [-0.2, 0) is 22.1 Å². The summed E-state index contributed by atoms with van der Waals surface area (Å²) in [6.45, 7) is 0. The van der Waals surface area contributed by atoms with E-state index in [9.17, 15) is 31.1 Å². The molecule has 0 bridgehead atoms. The number of esters is 1. The summed E-state index contributed by atoms with van der Waals surface area (Å²) in [6, 6.07) is 2.55. The van der Waals surface area contributed by atoms with Crippen LogP contribution in [0.5, 0.6) is 0 Å². The third kappa shape index (κ3) is 5.10. The summed E-state index contributed by atoms with van der Waals surface area (Å²) in [5.41, 5.74) is -1.99. The van der Waals surface area contributed by atoms with Crippen molar-refractivity contribution in [3.05, 3.63) is 52.8 Å². The van der Waals surface area contributed by atoms with Gasteiger partial charge >= 0.3 is 18.3 Å². The number of thiazole rings is 1. The summed E-state index contributed by atoms with van der Waals surface area (Å²) in [7, 11) is 0. The smallest absolute Gasteiger partial charge is 0.429 e. The first kappa shape index (κ1) is 20.8. The van der Waals surface area contributed by atoms with Gasteiger partial charge in [0.15, 0.2) is 10.8 Å². The molecule has 0 aliphatic rings. The van der Waals surface area contributed by atoms with Crippen molar-refractivity contribution in [1.29, 1.82) is 0 Å². The Bertz CT molecular complexity index is 984. The SMILES string of the molecule is O=C(Cc1csc(-c2ncn[nH]2)n1)OC(c1cccc(C(F)(F)F)c1)C(F)(F)F. The van der Waals surface area contributed by atoms with Crippen molar-refractivity contribution < 1.29 is 35.9 Å². The molecule has 0 spiro atoms. The zero-order chi connectivity index (χ0) is 21.2. The summed E-state index contributed by atoms with van der Waals surface area (Å²) in [5.74, 6) is -0.981. The van der Waals surface area contributed by atoms with E-state index in [0.29, 0.717) is 23.0 Å². The number of alkyl halides is 6. The molecule has 1 unspecified atom stereocenters. The summed E-state index contributed by atoms with van der Waals surface area (Å²) in [5, 5.41) is 7.95. The first-order valence-electron chi connectivity index (χ1n) is 7.77. The molecule has 154 valence electrons. The second-order valence-electron chi connectivity index (χ2n) is 5.69. The molecule has 3 aromatic rings. The number of benzene rings is 1. The lowest BCUT2D eigenvalue weighted by molar-refractivity contribution is -0.224. The van der Waals surface area contributed by atoms with E-state index >= 15 is 0 Å². The molecule has 0 aliphatic heterocycles. The number of aromatic amines is 1. The average molecular weight is 436 g/mol. The molecule has 1 atom stereocenters. The number of rotatable bonds is 5. The average Bonchev–Trinajstić information content (AvgIpc) is 3.29. The van der Waals surface area contributed by atoms with E-state index < -0.39 is 42.0 Å². The number of H-pyrrole nitrogens is 1. The van der Waals surface area contributed by atoms with Gasteiger partial charge in [0.1, 0.15) is 6.33 Å². The molecule has 0 amide bonds. The van der Waals surface area contributed by atoms with Gasteiger partial charge in [-0.3, -0.25) is 9.89 Å². The molecule has 0 radical (unpaired) electrons. The van der Waals surface area contributed by atoms with E-state index in [1.165, 1.54) is 11.7 Å². The van der Waals surface area contributed by atoms with Gasteiger partial charge in [-0.2, -0.15) is 31.4 Å². The van der Waals surface area contributed by atoms with Gasteiger partial charge in [-0.25, -0.2) is 9.97 Å². The van der Waals surface area contributed by atoms with E-state index in [0.717, 1.165) is 23.5 Å². The minimum atomic E-state index is -5.10. The molecule has 0 saturated heterocycles. The molecule has 0 saturated carbocycles. The van der Waals surface area contributed by atoms with Gasteiger partial charge in [-0.15, -0.1) is 11.3 Å². The number of nitrogens with zero attached hydrogens (tertiary/aromatic N) is 3. The second-order valence-corrected chi connectivity index (χ2v) is 6.55. The largest absolute Gasteiger partial charge is 0.447 e. The standard InChI is InChI=1S/C16H10F6N4O2S/c17-15(18,19)9-3-1-2-8(4-9)12(16(20,21)22)28-11(27)5-10-6-29-14(25-10)13-23-7-24-26-13/h1-4,6-7,12H,5H2,(H,23,24,26). The van der Waals surface area contributed by atoms with Crippen LogP contribution >= 0.6 is 11.3 Å². The van der Waals surface area contributed by atoms with Crippen LogP contribution in [0.3, 0.4) is 0 Å². The Morgan fingerprint density at radius 3 is 2.59 bits per heavy atom. The van der Waals surface area contributed by atoms with Gasteiger partial charge in [0.2, 0.25) is 6.10 Å². The first-order valence-corrected chi connectivity index (χ1v) is 8.65. The Hall–Kier alpha value is -2.96. The molecule has 2 heterocycles. The highest BCUT2D eigenvalue weighted by Crippen LogP contribution is 2.38. The van der Waals surface area contributed by atoms with Crippen LogP contribution in [0.2, 0.25) is 0 Å². The number of nitrogens with one attached hydrogen (secondary N) is 1. The van der Waals surface area contributed by atoms with Crippen LogP contribution in [0, 0.1) is 0 Å². The zero-order valence-electron chi connectivity index (χ0n) is 14.1. The maximum Gasteiger partial charge on any atom is 0.429 e. The van der Waals surface area contributed by atoms with Crippen molar-refractivity contribution in [3.63, 3.8) is 0 Å². The number of hydrogen-bond donors (Lipinski definition) is 1. The third-order valence-corrected chi connectivity index (χ3v) is 4.46. The highest BCUT2D eigenvalue weighted by atomic mass is 32.1. The molecule has 29 heavy (non-hydrogen) atoms. The van der Waals surface area contributed by atoms with Gasteiger partial charge in [-0.1, -0.05) is 12.1 Å². The quantitative estimate of drug-likeness (QED) is 0.476. The normalized spacial score (nSPS) is 13.3. The molecule has 0 fully saturated rings. The van der Waals surface area contributed by atoms with Gasteiger partial charge < -0.3 is 4.74 Å². The zero-order valence-corrected chi connectivity index (χ0v) is 14.9.